The minimum atomic E-state index is -4.04. The van der Waals surface area contributed by atoms with Crippen molar-refractivity contribution in [1.82, 2.24) is 4.90 Å². The van der Waals surface area contributed by atoms with E-state index in [-0.39, 0.29) is 47.6 Å². The molecular weight excluding hydrogens is 448 g/mol. The Hall–Kier alpha value is -3.27. The second-order valence-electron chi connectivity index (χ2n) is 8.42. The van der Waals surface area contributed by atoms with E-state index in [1.165, 1.54) is 24.1 Å². The maximum atomic E-state index is 13.2. The van der Waals surface area contributed by atoms with Crippen LogP contribution in [0.4, 0.5) is 5.69 Å². The molecule has 2 fully saturated rings. The molecule has 0 bridgehead atoms. The summed E-state index contributed by atoms with van der Waals surface area (Å²) < 4.78 is 44.8. The first-order valence-corrected chi connectivity index (χ1v) is 12.3. The van der Waals surface area contributed by atoms with Gasteiger partial charge in [0.05, 0.1) is 31.2 Å². The summed E-state index contributed by atoms with van der Waals surface area (Å²) >= 11 is 0. The standard InChI is InChI=1S/C23H24N2O7S/c1-30-19-8-6-14(12-25-22(26)16-4-2-3-5-17(16)23(25)27)10-21(19)33(28,29)24-15-7-9-18-20(11-15)32-13-31-18/h6-11,16-17,24H,2-5,12-13H2,1H3/t16-,17-/m0/s1. The number of rotatable bonds is 6. The van der Waals surface area contributed by atoms with Crippen molar-refractivity contribution in [2.45, 2.75) is 37.1 Å². The van der Waals surface area contributed by atoms with Crippen LogP contribution in [0.25, 0.3) is 0 Å². The van der Waals surface area contributed by atoms with Crippen molar-refractivity contribution in [2.75, 3.05) is 18.6 Å². The first-order valence-electron chi connectivity index (χ1n) is 10.8. The van der Waals surface area contributed by atoms with E-state index in [9.17, 15) is 18.0 Å². The van der Waals surface area contributed by atoms with E-state index in [0.717, 1.165) is 25.7 Å². The number of hydrogen-bond acceptors (Lipinski definition) is 7. The lowest BCUT2D eigenvalue weighted by molar-refractivity contribution is -0.140. The smallest absolute Gasteiger partial charge is 0.265 e. The first kappa shape index (κ1) is 21.6. The van der Waals surface area contributed by atoms with E-state index in [0.29, 0.717) is 22.7 Å². The molecule has 2 aromatic rings. The largest absolute Gasteiger partial charge is 0.495 e. The molecule has 5 rings (SSSR count). The summed E-state index contributed by atoms with van der Waals surface area (Å²) in [6, 6.07) is 9.38. The van der Waals surface area contributed by atoms with Crippen molar-refractivity contribution >= 4 is 27.5 Å². The van der Waals surface area contributed by atoms with Crippen molar-refractivity contribution in [3.8, 4) is 17.2 Å². The van der Waals surface area contributed by atoms with Gasteiger partial charge in [0.25, 0.3) is 10.0 Å². The number of imide groups is 1. The van der Waals surface area contributed by atoms with Crippen LogP contribution in [-0.2, 0) is 26.2 Å². The van der Waals surface area contributed by atoms with Gasteiger partial charge in [-0.05, 0) is 42.7 Å². The highest BCUT2D eigenvalue weighted by molar-refractivity contribution is 7.92. The molecular formula is C23H24N2O7S. The summed E-state index contributed by atoms with van der Waals surface area (Å²) in [5.74, 6) is 0.314. The summed E-state index contributed by atoms with van der Waals surface area (Å²) in [6.45, 7) is 0.109. The second kappa shape index (κ2) is 8.26. The fraction of sp³-hybridized carbons (Fsp3) is 0.391. The highest BCUT2D eigenvalue weighted by atomic mass is 32.2. The molecule has 0 aromatic heterocycles. The minimum Gasteiger partial charge on any atom is -0.495 e. The molecule has 1 aliphatic carbocycles. The number of likely N-dealkylation sites (tertiary alicyclic amines) is 1. The molecule has 2 aromatic carbocycles. The van der Waals surface area contributed by atoms with Crippen LogP contribution in [0, 0.1) is 11.8 Å². The predicted octanol–water partition coefficient (Wildman–Crippen LogP) is 2.90. The molecule has 2 atom stereocenters. The Morgan fingerprint density at radius 1 is 1.00 bits per heavy atom. The van der Waals surface area contributed by atoms with Gasteiger partial charge in [-0.1, -0.05) is 18.9 Å². The number of nitrogens with one attached hydrogen (secondary N) is 1. The van der Waals surface area contributed by atoms with E-state index in [1.54, 1.807) is 24.3 Å². The van der Waals surface area contributed by atoms with Crippen molar-refractivity contribution in [1.29, 1.82) is 0 Å². The third kappa shape index (κ3) is 3.88. The summed E-state index contributed by atoms with van der Waals surface area (Å²) in [7, 11) is -2.66. The highest BCUT2D eigenvalue weighted by Crippen LogP contribution is 2.39. The van der Waals surface area contributed by atoms with E-state index in [2.05, 4.69) is 4.72 Å². The number of hydrogen-bond donors (Lipinski definition) is 1. The highest BCUT2D eigenvalue weighted by Gasteiger charge is 2.47. The summed E-state index contributed by atoms with van der Waals surface area (Å²) in [4.78, 5) is 26.8. The Morgan fingerprint density at radius 2 is 1.70 bits per heavy atom. The van der Waals surface area contributed by atoms with E-state index >= 15 is 0 Å². The zero-order chi connectivity index (χ0) is 23.2. The number of carbonyl (C=O) groups excluding carboxylic acids is 2. The maximum absolute atomic E-state index is 13.2. The van der Waals surface area contributed by atoms with Gasteiger partial charge in [-0.3, -0.25) is 19.2 Å². The molecule has 33 heavy (non-hydrogen) atoms. The molecule has 1 N–H and O–H groups in total. The second-order valence-corrected chi connectivity index (χ2v) is 10.1. The molecule has 0 unspecified atom stereocenters. The van der Waals surface area contributed by atoms with Crippen molar-refractivity contribution in [3.63, 3.8) is 0 Å². The van der Waals surface area contributed by atoms with Crippen molar-refractivity contribution in [3.05, 3.63) is 42.0 Å². The molecule has 0 spiro atoms. The normalized spacial score (nSPS) is 21.8. The number of methoxy groups -OCH3 is 1. The molecule has 1 saturated carbocycles. The van der Waals surface area contributed by atoms with Crippen LogP contribution in [0.15, 0.2) is 41.3 Å². The van der Waals surface area contributed by atoms with Gasteiger partial charge < -0.3 is 14.2 Å². The Kier molecular flexibility index (Phi) is 5.40. The molecule has 9 nitrogen and oxygen atoms in total. The van der Waals surface area contributed by atoms with Crippen LogP contribution in [0.2, 0.25) is 0 Å². The van der Waals surface area contributed by atoms with Crippen LogP contribution >= 0.6 is 0 Å². The van der Waals surface area contributed by atoms with Gasteiger partial charge >= 0.3 is 0 Å². The number of fused-ring (bicyclic) bond motifs is 2. The molecule has 3 aliphatic rings. The summed E-state index contributed by atoms with van der Waals surface area (Å²) in [6.07, 6.45) is 3.36. The van der Waals surface area contributed by atoms with Crippen LogP contribution in [0.1, 0.15) is 31.2 Å². The summed E-state index contributed by atoms with van der Waals surface area (Å²) in [5.41, 5.74) is 0.836. The lowest BCUT2D eigenvalue weighted by Gasteiger charge is -2.19. The number of amides is 2. The van der Waals surface area contributed by atoms with Crippen LogP contribution in [0.5, 0.6) is 17.2 Å². The molecule has 0 radical (unpaired) electrons. The molecule has 2 amide bonds. The average molecular weight is 473 g/mol. The lowest BCUT2D eigenvalue weighted by Crippen LogP contribution is -2.30. The molecule has 174 valence electrons. The quantitative estimate of drug-likeness (QED) is 0.644. The Morgan fingerprint density at radius 3 is 2.39 bits per heavy atom. The number of carbonyl (C=O) groups is 2. The third-order valence-electron chi connectivity index (χ3n) is 6.42. The predicted molar refractivity (Wildman–Crippen MR) is 117 cm³/mol. The van der Waals surface area contributed by atoms with Gasteiger partial charge in [-0.15, -0.1) is 0 Å². The number of anilines is 1. The number of benzene rings is 2. The van der Waals surface area contributed by atoms with Gasteiger partial charge in [-0.2, -0.15) is 0 Å². The zero-order valence-corrected chi connectivity index (χ0v) is 18.9. The number of sulfonamides is 1. The molecule has 2 aliphatic heterocycles. The van der Waals surface area contributed by atoms with Crippen molar-refractivity contribution < 1.29 is 32.2 Å². The van der Waals surface area contributed by atoms with Gasteiger partial charge in [0.1, 0.15) is 10.6 Å². The fourth-order valence-electron chi connectivity index (χ4n) is 4.77. The maximum Gasteiger partial charge on any atom is 0.265 e. The third-order valence-corrected chi connectivity index (χ3v) is 7.82. The first-order chi connectivity index (χ1) is 15.9. The fourth-order valence-corrected chi connectivity index (χ4v) is 6.04. The topological polar surface area (TPSA) is 111 Å². The number of ether oxygens (including phenoxy) is 3. The van der Waals surface area contributed by atoms with E-state index in [1.807, 2.05) is 0 Å². The van der Waals surface area contributed by atoms with E-state index in [4.69, 9.17) is 14.2 Å². The van der Waals surface area contributed by atoms with Crippen LogP contribution in [0.3, 0.4) is 0 Å². The zero-order valence-electron chi connectivity index (χ0n) is 18.1. The Balaban J connectivity index is 1.41. The van der Waals surface area contributed by atoms with Gasteiger partial charge in [0.2, 0.25) is 18.6 Å². The summed E-state index contributed by atoms with van der Waals surface area (Å²) in [5, 5.41) is 0. The SMILES string of the molecule is COc1ccc(CN2C(=O)[C@H]3CCCC[C@@H]3C2=O)cc1S(=O)(=O)Nc1ccc2c(c1)OCO2. The monoisotopic (exact) mass is 472 g/mol. The van der Waals surface area contributed by atoms with Crippen molar-refractivity contribution in [2.24, 2.45) is 11.8 Å². The average Bonchev–Trinajstić information content (AvgIpc) is 3.37. The molecule has 10 heteroatoms. The lowest BCUT2D eigenvalue weighted by atomic mass is 9.81. The molecule has 1 saturated heterocycles. The van der Waals surface area contributed by atoms with Gasteiger partial charge in [-0.25, -0.2) is 8.42 Å². The Labute approximate surface area is 191 Å². The Bertz CT molecular complexity index is 1200. The number of nitrogens with zero attached hydrogens (tertiary/aromatic N) is 1. The van der Waals surface area contributed by atoms with E-state index < -0.39 is 10.0 Å². The van der Waals surface area contributed by atoms with Gasteiger partial charge in [0.15, 0.2) is 11.5 Å². The molecule has 2 heterocycles. The minimum absolute atomic E-state index is 0.0290. The van der Waals surface area contributed by atoms with Crippen LogP contribution < -0.4 is 18.9 Å². The van der Waals surface area contributed by atoms with Crippen LogP contribution in [-0.4, -0.2) is 39.0 Å². The van der Waals surface area contributed by atoms with Gasteiger partial charge in [0, 0.05) is 6.07 Å².